The Labute approximate surface area is 155 Å². The molecule has 2 aliphatic rings. The lowest BCUT2D eigenvalue weighted by Gasteiger charge is -2.34. The van der Waals surface area contributed by atoms with E-state index in [1.54, 1.807) is 9.80 Å². The normalized spacial score (nSPS) is 19.8. The minimum absolute atomic E-state index is 0.0710. The van der Waals surface area contributed by atoms with Gasteiger partial charge in [-0.05, 0) is 40.0 Å². The van der Waals surface area contributed by atoms with Gasteiger partial charge in [0.25, 0.3) is 0 Å². The lowest BCUT2D eigenvalue weighted by molar-refractivity contribution is -0.137. The van der Waals surface area contributed by atoms with E-state index in [2.05, 4.69) is 0 Å². The maximum Gasteiger partial charge on any atom is 0.410 e. The lowest BCUT2D eigenvalue weighted by Crippen LogP contribution is -2.46. The van der Waals surface area contributed by atoms with E-state index in [1.807, 2.05) is 25.7 Å². The third-order valence-electron chi connectivity index (χ3n) is 4.74. The molecule has 0 N–H and O–H groups in total. The fraction of sp³-hybridized carbons (Fsp3) is 0.833. The number of likely N-dealkylation sites (tertiary alicyclic amines) is 1. The van der Waals surface area contributed by atoms with Crippen molar-refractivity contribution >= 4 is 18.1 Å². The van der Waals surface area contributed by atoms with Crippen LogP contribution in [0.5, 0.6) is 0 Å². The fourth-order valence-electron chi connectivity index (χ4n) is 3.34. The molecule has 8 nitrogen and oxygen atoms in total. The van der Waals surface area contributed by atoms with Crippen LogP contribution in [0.4, 0.5) is 9.59 Å². The average Bonchev–Trinajstić information content (AvgIpc) is 2.85. The molecule has 2 fully saturated rings. The Morgan fingerprint density at radius 2 is 1.35 bits per heavy atom. The van der Waals surface area contributed by atoms with Crippen LogP contribution in [0.15, 0.2) is 0 Å². The molecular weight excluding hydrogens is 338 g/mol. The molecule has 0 atom stereocenters. The number of nitrogens with zero attached hydrogens (tertiary/aromatic N) is 3. The molecule has 0 aromatic rings. The minimum Gasteiger partial charge on any atom is -0.453 e. The number of carbonyl (C=O) groups excluding carboxylic acids is 3. The molecule has 2 aliphatic heterocycles. The Morgan fingerprint density at radius 3 is 1.92 bits per heavy atom. The quantitative estimate of drug-likeness (QED) is 0.706. The fourth-order valence-corrected chi connectivity index (χ4v) is 3.34. The Hall–Kier alpha value is -1.99. The molecule has 0 spiro atoms. The van der Waals surface area contributed by atoms with Crippen molar-refractivity contribution in [2.75, 3.05) is 46.4 Å². The zero-order valence-electron chi connectivity index (χ0n) is 16.3. The van der Waals surface area contributed by atoms with Gasteiger partial charge < -0.3 is 24.2 Å². The van der Waals surface area contributed by atoms with E-state index in [-0.39, 0.29) is 24.0 Å². The van der Waals surface area contributed by atoms with Crippen molar-refractivity contribution < 1.29 is 23.9 Å². The highest BCUT2D eigenvalue weighted by atomic mass is 16.6. The van der Waals surface area contributed by atoms with E-state index in [4.69, 9.17) is 9.47 Å². The molecule has 2 rings (SSSR count). The summed E-state index contributed by atoms with van der Waals surface area (Å²) in [5, 5.41) is 0. The number of hydrogen-bond donors (Lipinski definition) is 0. The van der Waals surface area contributed by atoms with E-state index in [0.717, 1.165) is 6.42 Å². The minimum atomic E-state index is -0.513. The first kappa shape index (κ1) is 20.3. The third-order valence-corrected chi connectivity index (χ3v) is 4.74. The molecule has 2 heterocycles. The predicted octanol–water partition coefficient (Wildman–Crippen LogP) is 1.93. The molecule has 8 heteroatoms. The summed E-state index contributed by atoms with van der Waals surface area (Å²) in [7, 11) is 1.37. The maximum atomic E-state index is 12.8. The van der Waals surface area contributed by atoms with Crippen LogP contribution in [-0.4, -0.2) is 84.8 Å². The van der Waals surface area contributed by atoms with Crippen LogP contribution >= 0.6 is 0 Å². The van der Waals surface area contributed by atoms with Gasteiger partial charge in [0, 0.05) is 45.2 Å². The molecule has 0 aliphatic carbocycles. The van der Waals surface area contributed by atoms with Crippen molar-refractivity contribution in [2.24, 2.45) is 5.92 Å². The van der Waals surface area contributed by atoms with Gasteiger partial charge in [0.15, 0.2) is 0 Å². The van der Waals surface area contributed by atoms with Gasteiger partial charge in [-0.25, -0.2) is 9.59 Å². The van der Waals surface area contributed by atoms with Crippen LogP contribution in [0.2, 0.25) is 0 Å². The molecule has 0 aromatic carbocycles. The molecule has 0 radical (unpaired) electrons. The second-order valence-electron chi connectivity index (χ2n) is 7.88. The summed E-state index contributed by atoms with van der Waals surface area (Å²) in [6, 6.07) is 0. The largest absolute Gasteiger partial charge is 0.453 e. The van der Waals surface area contributed by atoms with Gasteiger partial charge in [-0.1, -0.05) is 0 Å². The predicted molar refractivity (Wildman–Crippen MR) is 95.7 cm³/mol. The van der Waals surface area contributed by atoms with Crippen molar-refractivity contribution in [1.29, 1.82) is 0 Å². The monoisotopic (exact) mass is 369 g/mol. The van der Waals surface area contributed by atoms with Crippen LogP contribution in [0.25, 0.3) is 0 Å². The molecular formula is C18H31N3O5. The van der Waals surface area contributed by atoms with Crippen LogP contribution in [0, 0.1) is 5.92 Å². The first-order chi connectivity index (χ1) is 12.2. The standard InChI is InChI=1S/C18H31N3O5/c1-18(2,3)26-17(24)21-10-6-14(7-11-21)15(22)19-8-5-9-20(13-12-19)16(23)25-4/h14H,5-13H2,1-4H3. The van der Waals surface area contributed by atoms with Gasteiger partial charge >= 0.3 is 12.2 Å². The molecule has 148 valence electrons. The van der Waals surface area contributed by atoms with E-state index in [1.165, 1.54) is 7.11 Å². The summed E-state index contributed by atoms with van der Waals surface area (Å²) in [5.41, 5.74) is -0.513. The molecule has 0 aromatic heterocycles. The van der Waals surface area contributed by atoms with Gasteiger partial charge in [0.1, 0.15) is 5.60 Å². The lowest BCUT2D eigenvalue weighted by atomic mass is 9.95. The van der Waals surface area contributed by atoms with Gasteiger partial charge in [-0.15, -0.1) is 0 Å². The van der Waals surface area contributed by atoms with Gasteiger partial charge in [-0.2, -0.15) is 0 Å². The zero-order valence-corrected chi connectivity index (χ0v) is 16.3. The van der Waals surface area contributed by atoms with Crippen molar-refractivity contribution in [1.82, 2.24) is 14.7 Å². The summed E-state index contributed by atoms with van der Waals surface area (Å²) >= 11 is 0. The number of rotatable bonds is 1. The summed E-state index contributed by atoms with van der Waals surface area (Å²) in [6.07, 6.45) is 1.39. The summed E-state index contributed by atoms with van der Waals surface area (Å²) in [6.45, 7) is 8.89. The van der Waals surface area contributed by atoms with E-state index in [9.17, 15) is 14.4 Å². The second-order valence-corrected chi connectivity index (χ2v) is 7.88. The summed E-state index contributed by atoms with van der Waals surface area (Å²) in [4.78, 5) is 41.7. The van der Waals surface area contributed by atoms with Crippen molar-refractivity contribution in [3.63, 3.8) is 0 Å². The van der Waals surface area contributed by atoms with E-state index in [0.29, 0.717) is 52.1 Å². The molecule has 2 saturated heterocycles. The highest BCUT2D eigenvalue weighted by Crippen LogP contribution is 2.22. The molecule has 0 unspecified atom stereocenters. The van der Waals surface area contributed by atoms with E-state index < -0.39 is 5.60 Å². The topological polar surface area (TPSA) is 79.4 Å². The molecule has 26 heavy (non-hydrogen) atoms. The highest BCUT2D eigenvalue weighted by molar-refractivity contribution is 5.79. The molecule has 3 amide bonds. The Bertz CT molecular complexity index is 523. The average molecular weight is 369 g/mol. The maximum absolute atomic E-state index is 12.8. The smallest absolute Gasteiger partial charge is 0.410 e. The summed E-state index contributed by atoms with van der Waals surface area (Å²) < 4.78 is 10.2. The molecule has 0 bridgehead atoms. The SMILES string of the molecule is COC(=O)N1CCCN(C(=O)C2CCN(C(=O)OC(C)(C)C)CC2)CC1. The number of ether oxygens (including phenoxy) is 2. The molecule has 0 saturated carbocycles. The Kier molecular flexibility index (Phi) is 6.72. The van der Waals surface area contributed by atoms with Crippen molar-refractivity contribution in [2.45, 2.75) is 45.6 Å². The van der Waals surface area contributed by atoms with Gasteiger partial charge in [0.05, 0.1) is 7.11 Å². The Morgan fingerprint density at radius 1 is 0.808 bits per heavy atom. The van der Waals surface area contributed by atoms with Gasteiger partial charge in [-0.3, -0.25) is 4.79 Å². The number of amides is 3. The van der Waals surface area contributed by atoms with Crippen LogP contribution in [0.1, 0.15) is 40.0 Å². The second kappa shape index (κ2) is 8.60. The number of piperidine rings is 1. The van der Waals surface area contributed by atoms with Crippen LogP contribution < -0.4 is 0 Å². The first-order valence-electron chi connectivity index (χ1n) is 9.31. The van der Waals surface area contributed by atoms with E-state index >= 15 is 0 Å². The number of carbonyl (C=O) groups is 3. The summed E-state index contributed by atoms with van der Waals surface area (Å²) in [5.74, 6) is 0.0546. The Balaban J connectivity index is 1.82. The third kappa shape index (κ3) is 5.51. The van der Waals surface area contributed by atoms with Crippen molar-refractivity contribution in [3.05, 3.63) is 0 Å². The zero-order chi connectivity index (χ0) is 19.3. The number of hydrogen-bond acceptors (Lipinski definition) is 5. The van der Waals surface area contributed by atoms with Crippen LogP contribution in [-0.2, 0) is 14.3 Å². The highest BCUT2D eigenvalue weighted by Gasteiger charge is 2.33. The van der Waals surface area contributed by atoms with Crippen LogP contribution in [0.3, 0.4) is 0 Å². The van der Waals surface area contributed by atoms with Crippen molar-refractivity contribution in [3.8, 4) is 0 Å². The number of methoxy groups -OCH3 is 1. The first-order valence-corrected chi connectivity index (χ1v) is 9.31. The van der Waals surface area contributed by atoms with Gasteiger partial charge in [0.2, 0.25) is 5.91 Å².